The van der Waals surface area contributed by atoms with Crippen LogP contribution in [0.15, 0.2) is 89.8 Å². The van der Waals surface area contributed by atoms with Crippen LogP contribution in [0.25, 0.3) is 23.0 Å². The van der Waals surface area contributed by atoms with Crippen LogP contribution in [-0.2, 0) is 6.54 Å². The van der Waals surface area contributed by atoms with Crippen molar-refractivity contribution in [1.82, 2.24) is 19.7 Å². The normalized spacial score (nSPS) is 10.8. The van der Waals surface area contributed by atoms with Crippen LogP contribution in [0.1, 0.15) is 5.56 Å². The van der Waals surface area contributed by atoms with E-state index in [9.17, 15) is 13.6 Å². The van der Waals surface area contributed by atoms with Crippen molar-refractivity contribution in [2.75, 3.05) is 10.6 Å². The first-order chi connectivity index (χ1) is 17.0. The second kappa shape index (κ2) is 9.56. The number of nitrogens with one attached hydrogen (secondary N) is 2. The van der Waals surface area contributed by atoms with Crippen LogP contribution in [0.2, 0.25) is 0 Å². The van der Waals surface area contributed by atoms with Gasteiger partial charge in [-0.1, -0.05) is 41.6 Å². The highest BCUT2D eigenvalue weighted by molar-refractivity contribution is 5.99. The summed E-state index contributed by atoms with van der Waals surface area (Å²) >= 11 is 0. The number of benzene rings is 3. The Bertz CT molecular complexity index is 1480. The maximum atomic E-state index is 13.7. The van der Waals surface area contributed by atoms with E-state index in [2.05, 4.69) is 25.8 Å². The average molecular weight is 472 g/mol. The fourth-order valence-electron chi connectivity index (χ4n) is 3.38. The molecule has 2 N–H and O–H groups in total. The number of anilines is 2. The van der Waals surface area contributed by atoms with E-state index in [-0.39, 0.29) is 23.2 Å². The fourth-order valence-corrected chi connectivity index (χ4v) is 3.38. The van der Waals surface area contributed by atoms with E-state index in [0.29, 0.717) is 23.5 Å². The third-order valence-electron chi connectivity index (χ3n) is 5.06. The zero-order valence-electron chi connectivity index (χ0n) is 18.2. The van der Waals surface area contributed by atoms with Gasteiger partial charge in [0.05, 0.1) is 12.0 Å². The Labute approximate surface area is 198 Å². The van der Waals surface area contributed by atoms with Crippen molar-refractivity contribution in [3.8, 4) is 23.0 Å². The van der Waals surface area contributed by atoms with Gasteiger partial charge in [-0.15, -0.1) is 0 Å². The molecule has 0 aliphatic carbocycles. The zero-order chi connectivity index (χ0) is 24.2. The van der Waals surface area contributed by atoms with E-state index in [1.165, 1.54) is 24.3 Å². The van der Waals surface area contributed by atoms with Crippen molar-refractivity contribution in [3.05, 3.63) is 103 Å². The van der Waals surface area contributed by atoms with E-state index >= 15 is 0 Å². The Morgan fingerprint density at radius 2 is 1.80 bits per heavy atom. The average Bonchev–Trinajstić information content (AvgIpc) is 3.52. The molecule has 0 bridgehead atoms. The van der Waals surface area contributed by atoms with Gasteiger partial charge in [0, 0.05) is 24.0 Å². The van der Waals surface area contributed by atoms with Gasteiger partial charge in [0.15, 0.2) is 0 Å². The van der Waals surface area contributed by atoms with Crippen molar-refractivity contribution in [3.63, 3.8) is 0 Å². The summed E-state index contributed by atoms with van der Waals surface area (Å²) in [5.41, 5.74) is 2.62. The van der Waals surface area contributed by atoms with E-state index < -0.39 is 11.8 Å². The maximum Gasteiger partial charge on any atom is 0.323 e. The number of hydrogen-bond donors (Lipinski definition) is 2. The molecule has 0 saturated heterocycles. The summed E-state index contributed by atoms with van der Waals surface area (Å²) in [7, 11) is 0. The van der Waals surface area contributed by atoms with Crippen molar-refractivity contribution in [2.24, 2.45) is 0 Å². The molecule has 2 aromatic heterocycles. The molecule has 5 aromatic rings. The molecule has 0 unspecified atom stereocenters. The molecule has 0 aliphatic rings. The van der Waals surface area contributed by atoms with Crippen LogP contribution >= 0.6 is 0 Å². The van der Waals surface area contributed by atoms with Crippen LogP contribution in [0.4, 0.5) is 25.0 Å². The minimum absolute atomic E-state index is 0.0989. The van der Waals surface area contributed by atoms with Gasteiger partial charge in [-0.05, 0) is 42.0 Å². The summed E-state index contributed by atoms with van der Waals surface area (Å²) in [6, 6.07) is 18.5. The van der Waals surface area contributed by atoms with Crippen LogP contribution < -0.4 is 10.6 Å². The Hall–Kier alpha value is -4.86. The number of aromatic nitrogens is 4. The van der Waals surface area contributed by atoms with Crippen molar-refractivity contribution >= 4 is 17.4 Å². The number of urea groups is 1. The number of nitrogens with zero attached hydrogens (tertiary/aromatic N) is 4. The Kier molecular flexibility index (Phi) is 6.00. The molecule has 5 rings (SSSR count). The van der Waals surface area contributed by atoms with Gasteiger partial charge in [0.25, 0.3) is 5.89 Å². The third-order valence-corrected chi connectivity index (χ3v) is 5.06. The molecule has 0 radical (unpaired) electrons. The summed E-state index contributed by atoms with van der Waals surface area (Å²) in [6.07, 6.45) is 3.40. The number of carbonyl (C=O) groups excluding carboxylic acids is 1. The highest BCUT2D eigenvalue weighted by Gasteiger charge is 2.14. The summed E-state index contributed by atoms with van der Waals surface area (Å²) in [4.78, 5) is 20.7. The van der Waals surface area contributed by atoms with Crippen molar-refractivity contribution < 1.29 is 18.1 Å². The zero-order valence-corrected chi connectivity index (χ0v) is 18.2. The highest BCUT2D eigenvalue weighted by Crippen LogP contribution is 2.22. The van der Waals surface area contributed by atoms with Crippen LogP contribution in [-0.4, -0.2) is 25.7 Å². The molecule has 0 spiro atoms. The molecule has 35 heavy (non-hydrogen) atoms. The predicted octanol–water partition coefficient (Wildman–Crippen LogP) is 5.57. The van der Waals surface area contributed by atoms with Gasteiger partial charge in [-0.25, -0.2) is 18.6 Å². The van der Waals surface area contributed by atoms with Gasteiger partial charge in [-0.2, -0.15) is 4.98 Å². The minimum atomic E-state index is -0.542. The van der Waals surface area contributed by atoms with Gasteiger partial charge in [0.2, 0.25) is 5.82 Å². The Balaban J connectivity index is 1.21. The number of para-hydroxylation sites is 1. The van der Waals surface area contributed by atoms with Crippen molar-refractivity contribution in [2.45, 2.75) is 6.54 Å². The number of amides is 2. The van der Waals surface area contributed by atoms with Gasteiger partial charge in [-0.3, -0.25) is 0 Å². The largest absolute Gasteiger partial charge is 0.332 e. The SMILES string of the molecule is O=C(Nc1ccc(Cn2cnc(-c3nc(-c4cccc(F)c4)no3)c2)cc1)Nc1ccccc1F. The molecule has 10 heteroatoms. The summed E-state index contributed by atoms with van der Waals surface area (Å²) in [5.74, 6) is -0.395. The number of rotatable bonds is 6. The quantitative estimate of drug-likeness (QED) is 0.337. The minimum Gasteiger partial charge on any atom is -0.332 e. The fraction of sp³-hybridized carbons (Fsp3) is 0.0400. The predicted molar refractivity (Wildman–Crippen MR) is 125 cm³/mol. The summed E-state index contributed by atoms with van der Waals surface area (Å²) < 4.78 is 34.2. The molecular weight excluding hydrogens is 454 g/mol. The molecule has 0 fully saturated rings. The summed E-state index contributed by atoms with van der Waals surface area (Å²) in [5, 5.41) is 9.04. The molecule has 3 aromatic carbocycles. The van der Waals surface area contributed by atoms with Crippen LogP contribution in [0.3, 0.4) is 0 Å². The lowest BCUT2D eigenvalue weighted by atomic mass is 10.2. The van der Waals surface area contributed by atoms with E-state index in [4.69, 9.17) is 4.52 Å². The molecule has 8 nitrogen and oxygen atoms in total. The first-order valence-corrected chi connectivity index (χ1v) is 10.6. The molecule has 0 aliphatic heterocycles. The van der Waals surface area contributed by atoms with Crippen molar-refractivity contribution in [1.29, 1.82) is 0 Å². The molecule has 2 amide bonds. The van der Waals surface area contributed by atoms with Gasteiger partial charge < -0.3 is 19.7 Å². The molecule has 174 valence electrons. The second-order valence-electron chi connectivity index (χ2n) is 7.62. The lowest BCUT2D eigenvalue weighted by Crippen LogP contribution is -2.20. The molecule has 0 atom stereocenters. The monoisotopic (exact) mass is 472 g/mol. The van der Waals surface area contributed by atoms with Gasteiger partial charge >= 0.3 is 6.03 Å². The third kappa shape index (κ3) is 5.22. The lowest BCUT2D eigenvalue weighted by Gasteiger charge is -2.09. The first-order valence-electron chi connectivity index (χ1n) is 10.6. The number of imidazole rings is 1. The molecule has 0 saturated carbocycles. The van der Waals surface area contributed by atoms with E-state index in [0.717, 1.165) is 5.56 Å². The Morgan fingerprint density at radius 1 is 0.971 bits per heavy atom. The standard InChI is InChI=1S/C25H18F2N6O2/c26-18-5-3-4-17(12-18)23-31-24(35-32-23)22-14-33(15-28-22)13-16-8-10-19(11-9-16)29-25(34)30-21-7-2-1-6-20(21)27/h1-12,14-15H,13H2,(H2,29,30,34). The number of carbonyl (C=O) groups is 1. The topological polar surface area (TPSA) is 97.9 Å². The van der Waals surface area contributed by atoms with E-state index in [1.807, 2.05) is 16.7 Å². The highest BCUT2D eigenvalue weighted by atomic mass is 19.1. The molecular formula is C25H18F2N6O2. The van der Waals surface area contributed by atoms with Gasteiger partial charge in [0.1, 0.15) is 17.3 Å². The van der Waals surface area contributed by atoms with Crippen LogP contribution in [0.5, 0.6) is 0 Å². The first kappa shape index (κ1) is 22.0. The number of hydrogen-bond acceptors (Lipinski definition) is 5. The second-order valence-corrected chi connectivity index (χ2v) is 7.62. The number of halogens is 2. The Morgan fingerprint density at radius 3 is 2.60 bits per heavy atom. The smallest absolute Gasteiger partial charge is 0.323 e. The van der Waals surface area contributed by atoms with Crippen LogP contribution in [0, 0.1) is 11.6 Å². The molecule has 2 heterocycles. The summed E-state index contributed by atoms with van der Waals surface area (Å²) in [6.45, 7) is 0.513. The lowest BCUT2D eigenvalue weighted by molar-refractivity contribution is 0.262. The van der Waals surface area contributed by atoms with E-state index in [1.54, 1.807) is 48.9 Å². The maximum absolute atomic E-state index is 13.7.